The van der Waals surface area contributed by atoms with Crippen LogP contribution in [0.2, 0.25) is 0 Å². The van der Waals surface area contributed by atoms with Crippen molar-refractivity contribution in [1.82, 2.24) is 9.88 Å². The van der Waals surface area contributed by atoms with E-state index in [9.17, 15) is 4.79 Å². The summed E-state index contributed by atoms with van der Waals surface area (Å²) in [6.45, 7) is 14.8. The number of anilines is 1. The summed E-state index contributed by atoms with van der Waals surface area (Å²) in [6, 6.07) is 6.06. The summed E-state index contributed by atoms with van der Waals surface area (Å²) < 4.78 is 0. The van der Waals surface area contributed by atoms with Crippen LogP contribution in [-0.2, 0) is 17.8 Å². The van der Waals surface area contributed by atoms with Gasteiger partial charge in [-0.15, -0.1) is 11.3 Å². The minimum absolute atomic E-state index is 0.0242. The van der Waals surface area contributed by atoms with Gasteiger partial charge < -0.3 is 5.32 Å². The molecule has 5 heteroatoms. The Hall–Kier alpha value is -1.98. The van der Waals surface area contributed by atoms with Crippen molar-refractivity contribution in [3.63, 3.8) is 0 Å². The molecular weight excluding hydrogens is 330 g/mol. The fourth-order valence-electron chi connectivity index (χ4n) is 2.60. The Balaban J connectivity index is 1.95. The van der Waals surface area contributed by atoms with E-state index in [4.69, 9.17) is 0 Å². The van der Waals surface area contributed by atoms with E-state index in [1.54, 1.807) is 11.3 Å². The molecule has 0 unspecified atom stereocenters. The molecule has 0 fully saturated rings. The summed E-state index contributed by atoms with van der Waals surface area (Å²) in [6.07, 6.45) is 0.310. The Kier molecular flexibility index (Phi) is 6.91. The summed E-state index contributed by atoms with van der Waals surface area (Å²) in [5, 5.41) is 5.89. The van der Waals surface area contributed by atoms with E-state index >= 15 is 0 Å². The minimum atomic E-state index is -0.0242. The van der Waals surface area contributed by atoms with Crippen LogP contribution < -0.4 is 5.32 Å². The maximum absolute atomic E-state index is 12.3. The number of hydrogen-bond acceptors (Lipinski definition) is 4. The van der Waals surface area contributed by atoms with Gasteiger partial charge in [-0.05, 0) is 44.5 Å². The van der Waals surface area contributed by atoms with Crippen molar-refractivity contribution in [1.29, 1.82) is 0 Å². The number of nitrogens with one attached hydrogen (secondary N) is 1. The molecule has 0 saturated carbocycles. The van der Waals surface area contributed by atoms with Crippen LogP contribution in [0.25, 0.3) is 0 Å². The van der Waals surface area contributed by atoms with Crippen LogP contribution in [0.4, 0.5) is 5.69 Å². The second-order valence-electron chi connectivity index (χ2n) is 6.54. The van der Waals surface area contributed by atoms with Crippen LogP contribution in [0.1, 0.15) is 35.7 Å². The predicted octanol–water partition coefficient (Wildman–Crippen LogP) is 4.34. The highest BCUT2D eigenvalue weighted by molar-refractivity contribution is 7.09. The van der Waals surface area contributed by atoms with Gasteiger partial charge in [0.15, 0.2) is 0 Å². The van der Waals surface area contributed by atoms with Gasteiger partial charge in [-0.3, -0.25) is 9.69 Å². The van der Waals surface area contributed by atoms with Gasteiger partial charge in [-0.25, -0.2) is 4.98 Å². The van der Waals surface area contributed by atoms with Crippen molar-refractivity contribution in [3.05, 3.63) is 57.6 Å². The SMILES string of the molecule is C=C(C)CN(CC)Cc1csc(CC(=O)Nc2cc(C)ccc2C)n1. The summed E-state index contributed by atoms with van der Waals surface area (Å²) in [7, 11) is 0. The number of carbonyl (C=O) groups is 1. The summed E-state index contributed by atoms with van der Waals surface area (Å²) in [4.78, 5) is 19.2. The molecule has 0 atom stereocenters. The first-order valence-electron chi connectivity index (χ1n) is 8.54. The molecule has 4 nitrogen and oxygen atoms in total. The average molecular weight is 358 g/mol. The molecule has 1 amide bonds. The minimum Gasteiger partial charge on any atom is -0.325 e. The first-order chi connectivity index (χ1) is 11.9. The largest absolute Gasteiger partial charge is 0.325 e. The predicted molar refractivity (Wildman–Crippen MR) is 106 cm³/mol. The maximum Gasteiger partial charge on any atom is 0.231 e. The highest BCUT2D eigenvalue weighted by Gasteiger charge is 2.11. The van der Waals surface area contributed by atoms with Crippen LogP contribution in [0.15, 0.2) is 35.7 Å². The van der Waals surface area contributed by atoms with Crippen LogP contribution in [-0.4, -0.2) is 28.9 Å². The fraction of sp³-hybridized carbons (Fsp3) is 0.400. The number of amides is 1. The van der Waals surface area contributed by atoms with Gasteiger partial charge in [-0.1, -0.05) is 31.2 Å². The van der Waals surface area contributed by atoms with E-state index in [1.807, 2.05) is 44.4 Å². The molecule has 2 aromatic rings. The normalized spacial score (nSPS) is 10.9. The molecule has 0 aliphatic rings. The zero-order chi connectivity index (χ0) is 18.4. The molecule has 0 spiro atoms. The van der Waals surface area contributed by atoms with Crippen molar-refractivity contribution in [2.45, 2.75) is 40.7 Å². The molecule has 0 saturated heterocycles. The van der Waals surface area contributed by atoms with Crippen LogP contribution in [0.3, 0.4) is 0 Å². The molecular formula is C20H27N3OS. The van der Waals surface area contributed by atoms with Gasteiger partial charge in [0.1, 0.15) is 5.01 Å². The smallest absolute Gasteiger partial charge is 0.231 e. The number of benzene rings is 1. The Bertz CT molecular complexity index is 751. The van der Waals surface area contributed by atoms with Gasteiger partial charge in [0.2, 0.25) is 5.91 Å². The zero-order valence-corrected chi connectivity index (χ0v) is 16.4. The van der Waals surface area contributed by atoms with Crippen molar-refractivity contribution < 1.29 is 4.79 Å². The summed E-state index contributed by atoms with van der Waals surface area (Å²) >= 11 is 1.55. The summed E-state index contributed by atoms with van der Waals surface area (Å²) in [5.41, 5.74) is 5.24. The molecule has 0 radical (unpaired) electrons. The van der Waals surface area contributed by atoms with E-state index in [2.05, 4.69) is 28.7 Å². The zero-order valence-electron chi connectivity index (χ0n) is 15.6. The number of likely N-dealkylation sites (N-methyl/N-ethyl adjacent to an activating group) is 1. The molecule has 1 aromatic heterocycles. The number of rotatable bonds is 8. The molecule has 2 rings (SSSR count). The van der Waals surface area contributed by atoms with Crippen molar-refractivity contribution in [2.24, 2.45) is 0 Å². The summed E-state index contributed by atoms with van der Waals surface area (Å²) in [5.74, 6) is -0.0242. The number of aromatic nitrogens is 1. The molecule has 1 N–H and O–H groups in total. The lowest BCUT2D eigenvalue weighted by molar-refractivity contribution is -0.115. The van der Waals surface area contributed by atoms with Crippen molar-refractivity contribution in [2.75, 3.05) is 18.4 Å². The lowest BCUT2D eigenvalue weighted by atomic mass is 10.1. The van der Waals surface area contributed by atoms with E-state index < -0.39 is 0 Å². The number of nitrogens with zero attached hydrogens (tertiary/aromatic N) is 2. The van der Waals surface area contributed by atoms with Crippen molar-refractivity contribution >= 4 is 22.9 Å². The molecule has 0 aliphatic carbocycles. The Morgan fingerprint density at radius 2 is 2.12 bits per heavy atom. The van der Waals surface area contributed by atoms with Gasteiger partial charge >= 0.3 is 0 Å². The van der Waals surface area contributed by atoms with Gasteiger partial charge in [-0.2, -0.15) is 0 Å². The van der Waals surface area contributed by atoms with E-state index in [0.717, 1.165) is 52.7 Å². The molecule has 1 aromatic carbocycles. The van der Waals surface area contributed by atoms with Gasteiger partial charge in [0.25, 0.3) is 0 Å². The fourth-order valence-corrected chi connectivity index (χ4v) is 3.38. The van der Waals surface area contributed by atoms with E-state index in [1.165, 1.54) is 0 Å². The number of carbonyl (C=O) groups excluding carboxylic acids is 1. The molecule has 0 aliphatic heterocycles. The highest BCUT2D eigenvalue weighted by atomic mass is 32.1. The number of thiazole rings is 1. The first kappa shape index (κ1) is 19.3. The Morgan fingerprint density at radius 1 is 1.36 bits per heavy atom. The molecule has 1 heterocycles. The number of hydrogen-bond donors (Lipinski definition) is 1. The third-order valence-electron chi connectivity index (χ3n) is 3.90. The third kappa shape index (κ3) is 6.11. The molecule has 25 heavy (non-hydrogen) atoms. The second kappa shape index (κ2) is 8.92. The Morgan fingerprint density at radius 3 is 2.80 bits per heavy atom. The third-order valence-corrected chi connectivity index (χ3v) is 4.80. The maximum atomic E-state index is 12.3. The van der Waals surface area contributed by atoms with Crippen molar-refractivity contribution in [3.8, 4) is 0 Å². The van der Waals surface area contributed by atoms with E-state index in [0.29, 0.717) is 6.42 Å². The standard InChI is InChI=1S/C20H27N3OS/c1-6-23(11-14(2)3)12-17-13-25-20(21-17)10-19(24)22-18-9-15(4)7-8-16(18)5/h7-9,13H,2,6,10-12H2,1,3-5H3,(H,22,24). The second-order valence-corrected chi connectivity index (χ2v) is 7.48. The quantitative estimate of drug-likeness (QED) is 0.715. The lowest BCUT2D eigenvalue weighted by Gasteiger charge is -2.18. The average Bonchev–Trinajstić information content (AvgIpc) is 2.96. The lowest BCUT2D eigenvalue weighted by Crippen LogP contribution is -2.24. The number of aryl methyl sites for hydroxylation is 2. The highest BCUT2D eigenvalue weighted by Crippen LogP contribution is 2.18. The molecule has 134 valence electrons. The Labute approximate surface area is 154 Å². The monoisotopic (exact) mass is 357 g/mol. The molecule has 0 bridgehead atoms. The van der Waals surface area contributed by atoms with Crippen LogP contribution in [0.5, 0.6) is 0 Å². The van der Waals surface area contributed by atoms with Gasteiger partial charge in [0, 0.05) is 24.2 Å². The van der Waals surface area contributed by atoms with E-state index in [-0.39, 0.29) is 5.91 Å². The van der Waals surface area contributed by atoms with Gasteiger partial charge in [0.05, 0.1) is 12.1 Å². The van der Waals surface area contributed by atoms with Crippen LogP contribution >= 0.6 is 11.3 Å². The topological polar surface area (TPSA) is 45.2 Å². The first-order valence-corrected chi connectivity index (χ1v) is 9.42. The van der Waals surface area contributed by atoms with Crippen LogP contribution in [0, 0.1) is 13.8 Å².